The van der Waals surface area contributed by atoms with E-state index in [1.807, 2.05) is 0 Å². The van der Waals surface area contributed by atoms with Crippen LogP contribution in [-0.2, 0) is 0 Å². The number of nitrogens with zero attached hydrogens (tertiary/aromatic N) is 2. The molecular formula is C15H31N3. The summed E-state index contributed by atoms with van der Waals surface area (Å²) in [6.45, 7) is 13.2. The van der Waals surface area contributed by atoms with E-state index in [-0.39, 0.29) is 0 Å². The fraction of sp³-hybridized carbons (Fsp3) is 1.00. The molecule has 0 aromatic carbocycles. The Bertz CT molecular complexity index is 238. The average molecular weight is 253 g/mol. The fourth-order valence-electron chi connectivity index (χ4n) is 3.68. The average Bonchev–Trinajstić information content (AvgIpc) is 2.77. The lowest BCUT2D eigenvalue weighted by Gasteiger charge is -2.43. The summed E-state index contributed by atoms with van der Waals surface area (Å²) in [7, 11) is 0. The molecule has 106 valence electrons. The Morgan fingerprint density at radius 3 is 2.83 bits per heavy atom. The van der Waals surface area contributed by atoms with Crippen molar-refractivity contribution in [1.82, 2.24) is 15.1 Å². The van der Waals surface area contributed by atoms with Crippen molar-refractivity contribution >= 4 is 0 Å². The molecule has 0 aromatic heterocycles. The summed E-state index contributed by atoms with van der Waals surface area (Å²) >= 11 is 0. The van der Waals surface area contributed by atoms with Crippen molar-refractivity contribution in [3.05, 3.63) is 0 Å². The van der Waals surface area contributed by atoms with E-state index in [1.54, 1.807) is 0 Å². The first kappa shape index (κ1) is 14.3. The SMILES string of the molecule is CCCC(CN1CC2CCCN2CC1C)NCC. The van der Waals surface area contributed by atoms with Crippen molar-refractivity contribution in [2.24, 2.45) is 0 Å². The quantitative estimate of drug-likeness (QED) is 0.780. The molecule has 2 fully saturated rings. The molecule has 2 heterocycles. The molecule has 3 heteroatoms. The Morgan fingerprint density at radius 2 is 2.11 bits per heavy atom. The number of hydrogen-bond acceptors (Lipinski definition) is 3. The second-order valence-electron chi connectivity index (χ2n) is 6.14. The van der Waals surface area contributed by atoms with Crippen LogP contribution >= 0.6 is 0 Å². The summed E-state index contributed by atoms with van der Waals surface area (Å²) < 4.78 is 0. The van der Waals surface area contributed by atoms with Crippen LogP contribution in [0.5, 0.6) is 0 Å². The van der Waals surface area contributed by atoms with Crippen molar-refractivity contribution in [2.45, 2.75) is 64.6 Å². The lowest BCUT2D eigenvalue weighted by atomic mass is 10.1. The Labute approximate surface area is 113 Å². The summed E-state index contributed by atoms with van der Waals surface area (Å²) in [5.41, 5.74) is 0. The van der Waals surface area contributed by atoms with Gasteiger partial charge in [0, 0.05) is 37.8 Å². The number of hydrogen-bond donors (Lipinski definition) is 1. The van der Waals surface area contributed by atoms with E-state index in [0.717, 1.165) is 18.6 Å². The van der Waals surface area contributed by atoms with E-state index in [4.69, 9.17) is 0 Å². The van der Waals surface area contributed by atoms with E-state index < -0.39 is 0 Å². The first-order chi connectivity index (χ1) is 8.74. The van der Waals surface area contributed by atoms with E-state index in [0.29, 0.717) is 6.04 Å². The lowest BCUT2D eigenvalue weighted by Crippen LogP contribution is -2.57. The standard InChI is InChI=1S/C15H31N3/c1-4-7-14(16-5-2)11-18-12-15-8-6-9-17(15)10-13(18)3/h13-16H,4-12H2,1-3H3. The molecule has 1 N–H and O–H groups in total. The molecule has 2 saturated heterocycles. The summed E-state index contributed by atoms with van der Waals surface area (Å²) in [6, 6.07) is 2.28. The molecule has 0 radical (unpaired) electrons. The maximum absolute atomic E-state index is 3.66. The predicted octanol–water partition coefficient (Wildman–Crippen LogP) is 1.93. The molecule has 3 nitrogen and oxygen atoms in total. The zero-order valence-electron chi connectivity index (χ0n) is 12.5. The first-order valence-corrected chi connectivity index (χ1v) is 7.96. The zero-order valence-corrected chi connectivity index (χ0v) is 12.5. The van der Waals surface area contributed by atoms with Crippen molar-refractivity contribution in [3.8, 4) is 0 Å². The highest BCUT2D eigenvalue weighted by atomic mass is 15.3. The normalized spacial score (nSPS) is 31.5. The second kappa shape index (κ2) is 6.88. The molecule has 0 aromatic rings. The van der Waals surface area contributed by atoms with Gasteiger partial charge in [0.25, 0.3) is 0 Å². The van der Waals surface area contributed by atoms with Gasteiger partial charge in [-0.2, -0.15) is 0 Å². The van der Waals surface area contributed by atoms with Crippen LogP contribution in [0.2, 0.25) is 0 Å². The minimum absolute atomic E-state index is 0.690. The third kappa shape index (κ3) is 3.46. The van der Waals surface area contributed by atoms with Crippen LogP contribution in [0.3, 0.4) is 0 Å². The molecule has 18 heavy (non-hydrogen) atoms. The minimum atomic E-state index is 0.690. The second-order valence-corrected chi connectivity index (χ2v) is 6.14. The Hall–Kier alpha value is -0.120. The van der Waals surface area contributed by atoms with Gasteiger partial charge in [0.15, 0.2) is 0 Å². The van der Waals surface area contributed by atoms with Crippen molar-refractivity contribution in [1.29, 1.82) is 0 Å². The first-order valence-electron chi connectivity index (χ1n) is 7.96. The maximum Gasteiger partial charge on any atom is 0.0224 e. The largest absolute Gasteiger partial charge is 0.313 e. The Balaban J connectivity index is 1.86. The van der Waals surface area contributed by atoms with E-state index in [2.05, 4.69) is 35.9 Å². The van der Waals surface area contributed by atoms with Gasteiger partial charge in [0.2, 0.25) is 0 Å². The molecule has 3 unspecified atom stereocenters. The molecule has 0 spiro atoms. The van der Waals surface area contributed by atoms with Crippen LogP contribution < -0.4 is 5.32 Å². The zero-order chi connectivity index (χ0) is 13.0. The highest BCUT2D eigenvalue weighted by Crippen LogP contribution is 2.24. The molecule has 2 rings (SSSR count). The highest BCUT2D eigenvalue weighted by molar-refractivity contribution is 4.91. The number of piperazine rings is 1. The molecule has 2 aliphatic heterocycles. The van der Waals surface area contributed by atoms with Crippen LogP contribution in [-0.4, -0.2) is 60.6 Å². The van der Waals surface area contributed by atoms with Crippen LogP contribution in [0.25, 0.3) is 0 Å². The van der Waals surface area contributed by atoms with Gasteiger partial charge in [-0.1, -0.05) is 20.3 Å². The number of likely N-dealkylation sites (N-methyl/N-ethyl adjacent to an activating group) is 1. The van der Waals surface area contributed by atoms with Crippen molar-refractivity contribution in [2.75, 3.05) is 32.7 Å². The summed E-state index contributed by atoms with van der Waals surface area (Å²) in [5.74, 6) is 0. The molecule has 0 bridgehead atoms. The topological polar surface area (TPSA) is 18.5 Å². The van der Waals surface area contributed by atoms with Gasteiger partial charge in [-0.25, -0.2) is 0 Å². The van der Waals surface area contributed by atoms with E-state index >= 15 is 0 Å². The van der Waals surface area contributed by atoms with Gasteiger partial charge in [0.1, 0.15) is 0 Å². The van der Waals surface area contributed by atoms with Gasteiger partial charge in [-0.05, 0) is 39.3 Å². The molecular weight excluding hydrogens is 222 g/mol. The third-order valence-electron chi connectivity index (χ3n) is 4.65. The van der Waals surface area contributed by atoms with Crippen LogP contribution in [0, 0.1) is 0 Å². The Morgan fingerprint density at radius 1 is 1.28 bits per heavy atom. The van der Waals surface area contributed by atoms with E-state index in [1.165, 1.54) is 51.9 Å². The smallest absolute Gasteiger partial charge is 0.0224 e. The third-order valence-corrected chi connectivity index (χ3v) is 4.65. The van der Waals surface area contributed by atoms with Gasteiger partial charge < -0.3 is 5.32 Å². The van der Waals surface area contributed by atoms with Crippen molar-refractivity contribution < 1.29 is 0 Å². The molecule has 2 aliphatic rings. The van der Waals surface area contributed by atoms with Crippen LogP contribution in [0.15, 0.2) is 0 Å². The van der Waals surface area contributed by atoms with E-state index in [9.17, 15) is 0 Å². The van der Waals surface area contributed by atoms with Gasteiger partial charge >= 0.3 is 0 Å². The monoisotopic (exact) mass is 253 g/mol. The molecule has 3 atom stereocenters. The highest BCUT2D eigenvalue weighted by Gasteiger charge is 2.34. The summed E-state index contributed by atoms with van der Waals surface area (Å²) in [4.78, 5) is 5.44. The minimum Gasteiger partial charge on any atom is -0.313 e. The summed E-state index contributed by atoms with van der Waals surface area (Å²) in [6.07, 6.45) is 5.43. The number of nitrogens with one attached hydrogen (secondary N) is 1. The fourth-order valence-corrected chi connectivity index (χ4v) is 3.68. The van der Waals surface area contributed by atoms with Crippen LogP contribution in [0.4, 0.5) is 0 Å². The van der Waals surface area contributed by atoms with Crippen molar-refractivity contribution in [3.63, 3.8) is 0 Å². The summed E-state index contributed by atoms with van der Waals surface area (Å²) in [5, 5.41) is 3.66. The number of fused-ring (bicyclic) bond motifs is 1. The molecule has 0 aliphatic carbocycles. The Kier molecular flexibility index (Phi) is 5.46. The van der Waals surface area contributed by atoms with Gasteiger partial charge in [-0.15, -0.1) is 0 Å². The maximum atomic E-state index is 3.66. The van der Waals surface area contributed by atoms with Crippen LogP contribution in [0.1, 0.15) is 46.5 Å². The van der Waals surface area contributed by atoms with Gasteiger partial charge in [-0.3, -0.25) is 9.80 Å². The van der Waals surface area contributed by atoms with Gasteiger partial charge in [0.05, 0.1) is 0 Å². The number of rotatable bonds is 6. The predicted molar refractivity (Wildman–Crippen MR) is 78.0 cm³/mol. The lowest BCUT2D eigenvalue weighted by molar-refractivity contribution is 0.0518. The molecule has 0 saturated carbocycles. The molecule has 0 amide bonds.